The molecule has 1 atom stereocenters. The number of piperazine rings is 1. The van der Waals surface area contributed by atoms with E-state index in [0.717, 1.165) is 20.5 Å². The van der Waals surface area contributed by atoms with E-state index in [9.17, 15) is 9.59 Å². The van der Waals surface area contributed by atoms with Crippen molar-refractivity contribution in [1.29, 1.82) is 0 Å². The Balaban J connectivity index is 1.50. The molecule has 6 heteroatoms. The van der Waals surface area contributed by atoms with Crippen LogP contribution in [0.15, 0.2) is 54.6 Å². The van der Waals surface area contributed by atoms with Crippen LogP contribution < -0.4 is 0 Å². The number of hydrogen-bond acceptors (Lipinski definition) is 3. The maximum absolute atomic E-state index is 12.9. The maximum atomic E-state index is 12.9. The fourth-order valence-electron chi connectivity index (χ4n) is 3.41. The molecule has 1 aliphatic heterocycles. The van der Waals surface area contributed by atoms with Gasteiger partial charge < -0.3 is 9.80 Å². The molecule has 1 fully saturated rings. The predicted molar refractivity (Wildman–Crippen MR) is 109 cm³/mol. The minimum absolute atomic E-state index is 0.0129. The highest BCUT2D eigenvalue weighted by molar-refractivity contribution is 7.19. The highest BCUT2D eigenvalue weighted by Gasteiger charge is 2.36. The zero-order valence-electron chi connectivity index (χ0n) is 14.9. The van der Waals surface area contributed by atoms with Gasteiger partial charge in [0.1, 0.15) is 12.6 Å². The third-order valence-electron chi connectivity index (χ3n) is 4.86. The van der Waals surface area contributed by atoms with Gasteiger partial charge in [-0.05, 0) is 36.1 Å². The second-order valence-corrected chi connectivity index (χ2v) is 8.38. The van der Waals surface area contributed by atoms with E-state index in [-0.39, 0.29) is 18.4 Å². The van der Waals surface area contributed by atoms with E-state index in [0.29, 0.717) is 18.1 Å². The molecule has 0 bridgehead atoms. The summed E-state index contributed by atoms with van der Waals surface area (Å²) in [6, 6.07) is 17.1. The lowest BCUT2D eigenvalue weighted by atomic mass is 10.1. The van der Waals surface area contributed by atoms with Crippen molar-refractivity contribution >= 4 is 44.8 Å². The molecule has 4 rings (SSSR count). The smallest absolute Gasteiger partial charge is 0.245 e. The molecule has 2 aromatic carbocycles. The molecule has 4 nitrogen and oxygen atoms in total. The van der Waals surface area contributed by atoms with Crippen molar-refractivity contribution in [3.63, 3.8) is 0 Å². The molecule has 0 aliphatic carbocycles. The van der Waals surface area contributed by atoms with Crippen LogP contribution in [0, 0.1) is 0 Å². The van der Waals surface area contributed by atoms with Crippen molar-refractivity contribution < 1.29 is 9.59 Å². The lowest BCUT2D eigenvalue weighted by molar-refractivity contribution is -0.156. The number of thiophene rings is 1. The Morgan fingerprint density at radius 1 is 1.07 bits per heavy atom. The minimum Gasteiger partial charge on any atom is -0.326 e. The maximum Gasteiger partial charge on any atom is 0.245 e. The zero-order valence-corrected chi connectivity index (χ0v) is 16.5. The van der Waals surface area contributed by atoms with Crippen molar-refractivity contribution in [2.45, 2.75) is 26.1 Å². The molecular formula is C21H19ClN2O2S. The highest BCUT2D eigenvalue weighted by atomic mass is 35.5. The summed E-state index contributed by atoms with van der Waals surface area (Å²) in [6.07, 6.45) is 0. The summed E-state index contributed by atoms with van der Waals surface area (Å²) in [7, 11) is 0. The zero-order chi connectivity index (χ0) is 19.0. The largest absolute Gasteiger partial charge is 0.326 e. The standard InChI is InChI=1S/C21H19ClN2O2S/c1-14-21(26)23(12-18-9-16-7-8-17(22)10-19(16)27-18)13-20(25)24(14)11-15-5-3-2-4-6-15/h2-10,14H,11-13H2,1H3/t14-/m0/s1. The van der Waals surface area contributed by atoms with Crippen LogP contribution in [-0.2, 0) is 22.7 Å². The minimum atomic E-state index is -0.463. The quantitative estimate of drug-likeness (QED) is 0.656. The van der Waals surface area contributed by atoms with Crippen molar-refractivity contribution in [3.05, 3.63) is 70.1 Å². The fraction of sp³-hybridized carbons (Fsp3) is 0.238. The molecule has 0 radical (unpaired) electrons. The molecule has 0 saturated carbocycles. The van der Waals surface area contributed by atoms with Crippen molar-refractivity contribution in [2.24, 2.45) is 0 Å². The number of rotatable bonds is 4. The topological polar surface area (TPSA) is 40.6 Å². The van der Waals surface area contributed by atoms with Gasteiger partial charge in [-0.1, -0.05) is 48.0 Å². The Morgan fingerprint density at radius 3 is 2.63 bits per heavy atom. The van der Waals surface area contributed by atoms with E-state index in [1.807, 2.05) is 48.5 Å². The van der Waals surface area contributed by atoms with Gasteiger partial charge in [0, 0.05) is 21.1 Å². The Morgan fingerprint density at radius 2 is 1.85 bits per heavy atom. The number of nitrogens with zero attached hydrogens (tertiary/aromatic N) is 2. The summed E-state index contributed by atoms with van der Waals surface area (Å²) in [4.78, 5) is 29.9. The first-order valence-electron chi connectivity index (χ1n) is 8.81. The van der Waals surface area contributed by atoms with Crippen LogP contribution in [0.4, 0.5) is 0 Å². The summed E-state index contributed by atoms with van der Waals surface area (Å²) in [5.41, 5.74) is 1.03. The third kappa shape index (κ3) is 3.70. The number of amides is 2. The van der Waals surface area contributed by atoms with Gasteiger partial charge in [-0.3, -0.25) is 9.59 Å². The van der Waals surface area contributed by atoms with Crippen molar-refractivity contribution in [2.75, 3.05) is 6.54 Å². The monoisotopic (exact) mass is 398 g/mol. The summed E-state index contributed by atoms with van der Waals surface area (Å²) >= 11 is 7.67. The van der Waals surface area contributed by atoms with Crippen LogP contribution >= 0.6 is 22.9 Å². The van der Waals surface area contributed by atoms with Crippen LogP contribution in [0.5, 0.6) is 0 Å². The second-order valence-electron chi connectivity index (χ2n) is 6.77. The van der Waals surface area contributed by atoms with Crippen LogP contribution in [0.2, 0.25) is 5.02 Å². The number of benzene rings is 2. The fourth-order valence-corrected chi connectivity index (χ4v) is 4.77. The highest BCUT2D eigenvalue weighted by Crippen LogP contribution is 2.30. The molecule has 2 amide bonds. The van der Waals surface area contributed by atoms with Gasteiger partial charge in [-0.2, -0.15) is 0 Å². The van der Waals surface area contributed by atoms with E-state index in [2.05, 4.69) is 6.07 Å². The molecule has 27 heavy (non-hydrogen) atoms. The summed E-state index contributed by atoms with van der Waals surface area (Å²) in [5.74, 6) is -0.0314. The molecular weight excluding hydrogens is 380 g/mol. The van der Waals surface area contributed by atoms with E-state index < -0.39 is 6.04 Å². The van der Waals surface area contributed by atoms with Crippen LogP contribution in [0.1, 0.15) is 17.4 Å². The molecule has 0 N–H and O–H groups in total. The molecule has 0 spiro atoms. The summed E-state index contributed by atoms with van der Waals surface area (Å²) < 4.78 is 1.09. The van der Waals surface area contributed by atoms with Gasteiger partial charge in [0.2, 0.25) is 11.8 Å². The van der Waals surface area contributed by atoms with Gasteiger partial charge in [0.25, 0.3) is 0 Å². The van der Waals surface area contributed by atoms with Crippen molar-refractivity contribution in [1.82, 2.24) is 9.80 Å². The van der Waals surface area contributed by atoms with E-state index in [1.54, 1.807) is 28.1 Å². The molecule has 0 unspecified atom stereocenters. The van der Waals surface area contributed by atoms with E-state index in [1.165, 1.54) is 0 Å². The number of carbonyl (C=O) groups is 2. The SMILES string of the molecule is C[C@H]1C(=O)N(Cc2cc3ccc(Cl)cc3s2)CC(=O)N1Cc1ccccc1. The van der Waals surface area contributed by atoms with Crippen LogP contribution in [0.25, 0.3) is 10.1 Å². The van der Waals surface area contributed by atoms with E-state index in [4.69, 9.17) is 11.6 Å². The molecule has 138 valence electrons. The molecule has 1 saturated heterocycles. The van der Waals surface area contributed by atoms with Gasteiger partial charge in [-0.25, -0.2) is 0 Å². The normalized spacial score (nSPS) is 17.8. The van der Waals surface area contributed by atoms with Gasteiger partial charge in [0.15, 0.2) is 0 Å². The van der Waals surface area contributed by atoms with Crippen LogP contribution in [-0.4, -0.2) is 34.2 Å². The third-order valence-corrected chi connectivity index (χ3v) is 6.18. The second kappa shape index (κ2) is 7.33. The van der Waals surface area contributed by atoms with Gasteiger partial charge in [-0.15, -0.1) is 11.3 Å². The molecule has 3 aromatic rings. The summed E-state index contributed by atoms with van der Waals surface area (Å²) in [5, 5.41) is 1.80. The van der Waals surface area contributed by atoms with E-state index >= 15 is 0 Å². The molecule has 2 heterocycles. The first kappa shape index (κ1) is 18.0. The van der Waals surface area contributed by atoms with Gasteiger partial charge in [0.05, 0.1) is 6.54 Å². The number of hydrogen-bond donors (Lipinski definition) is 0. The lowest BCUT2D eigenvalue weighted by Gasteiger charge is -2.38. The number of fused-ring (bicyclic) bond motifs is 1. The number of halogens is 1. The number of carbonyl (C=O) groups excluding carboxylic acids is 2. The Labute approximate surface area is 167 Å². The summed E-state index contributed by atoms with van der Waals surface area (Å²) in [6.45, 7) is 2.83. The lowest BCUT2D eigenvalue weighted by Crippen LogP contribution is -2.57. The van der Waals surface area contributed by atoms with Crippen LogP contribution in [0.3, 0.4) is 0 Å². The molecule has 1 aliphatic rings. The van der Waals surface area contributed by atoms with Crippen molar-refractivity contribution in [3.8, 4) is 0 Å². The first-order valence-corrected chi connectivity index (χ1v) is 10.0. The Kier molecular flexibility index (Phi) is 4.89. The average Bonchev–Trinajstić information content (AvgIpc) is 3.05. The Hall–Kier alpha value is -2.37. The predicted octanol–water partition coefficient (Wildman–Crippen LogP) is 4.31. The Bertz CT molecular complexity index is 1000. The first-order chi connectivity index (χ1) is 13.0. The van der Waals surface area contributed by atoms with Gasteiger partial charge >= 0.3 is 0 Å². The average molecular weight is 399 g/mol. The molecule has 1 aromatic heterocycles.